The number of rotatable bonds is 8. The molecule has 182 valence electrons. The Bertz CT molecular complexity index is 692. The van der Waals surface area contributed by atoms with E-state index in [0.717, 1.165) is 48.9 Å². The summed E-state index contributed by atoms with van der Waals surface area (Å²) in [7, 11) is 0. The molecule has 4 heteroatoms. The fourth-order valence-electron chi connectivity index (χ4n) is 9.26. The number of aliphatic carboxylic acids is 1. The van der Waals surface area contributed by atoms with Crippen LogP contribution in [0.1, 0.15) is 111 Å². The molecular formula is C28H47NO3. The van der Waals surface area contributed by atoms with Crippen LogP contribution in [0.4, 0.5) is 0 Å². The first-order valence-corrected chi connectivity index (χ1v) is 13.8. The zero-order valence-corrected chi connectivity index (χ0v) is 20.9. The van der Waals surface area contributed by atoms with Gasteiger partial charge in [-0.15, -0.1) is 0 Å². The van der Waals surface area contributed by atoms with E-state index in [4.69, 9.17) is 5.11 Å². The van der Waals surface area contributed by atoms with Crippen molar-refractivity contribution in [2.45, 2.75) is 111 Å². The van der Waals surface area contributed by atoms with Crippen molar-refractivity contribution in [3.8, 4) is 0 Å². The molecule has 4 rings (SSSR count). The second-order valence-electron chi connectivity index (χ2n) is 12.3. The molecule has 1 amide bonds. The van der Waals surface area contributed by atoms with Crippen molar-refractivity contribution in [1.82, 2.24) is 4.90 Å². The summed E-state index contributed by atoms with van der Waals surface area (Å²) in [5.74, 6) is 3.65. The maximum atomic E-state index is 12.6. The van der Waals surface area contributed by atoms with Crippen molar-refractivity contribution < 1.29 is 14.7 Å². The molecular weight excluding hydrogens is 398 g/mol. The van der Waals surface area contributed by atoms with Crippen LogP contribution < -0.4 is 0 Å². The number of fused-ring (bicyclic) bond motifs is 5. The minimum Gasteiger partial charge on any atom is -0.480 e. The fourth-order valence-corrected chi connectivity index (χ4v) is 9.26. The van der Waals surface area contributed by atoms with E-state index >= 15 is 0 Å². The number of amides is 1. The number of hydrogen-bond donors (Lipinski definition) is 1. The molecule has 4 fully saturated rings. The summed E-state index contributed by atoms with van der Waals surface area (Å²) in [6.07, 6.45) is 17.7. The lowest BCUT2D eigenvalue weighted by Crippen LogP contribution is -2.52. The Hall–Kier alpha value is -1.06. The molecule has 4 aliphatic rings. The normalized spacial score (nSPS) is 40.8. The number of carbonyl (C=O) groups is 2. The molecule has 0 heterocycles. The molecule has 7 unspecified atom stereocenters. The topological polar surface area (TPSA) is 57.6 Å². The fraction of sp³-hybridized carbons (Fsp3) is 0.929. The molecule has 4 aliphatic carbocycles. The van der Waals surface area contributed by atoms with Crippen molar-refractivity contribution in [2.24, 2.45) is 40.4 Å². The molecule has 32 heavy (non-hydrogen) atoms. The summed E-state index contributed by atoms with van der Waals surface area (Å²) in [5.41, 5.74) is 1.08. The lowest BCUT2D eigenvalue weighted by Gasteiger charge is -2.60. The van der Waals surface area contributed by atoms with Crippen molar-refractivity contribution in [3.63, 3.8) is 0 Å². The molecule has 7 atom stereocenters. The summed E-state index contributed by atoms with van der Waals surface area (Å²) in [6.45, 7) is 7.65. The Balaban J connectivity index is 1.35. The molecule has 0 spiro atoms. The van der Waals surface area contributed by atoms with E-state index < -0.39 is 5.97 Å². The van der Waals surface area contributed by atoms with Gasteiger partial charge in [0.15, 0.2) is 0 Å². The largest absolute Gasteiger partial charge is 0.480 e. The van der Waals surface area contributed by atoms with Gasteiger partial charge in [-0.1, -0.05) is 33.6 Å². The Morgan fingerprint density at radius 3 is 2.47 bits per heavy atom. The molecule has 0 radical (unpaired) electrons. The van der Waals surface area contributed by atoms with Crippen molar-refractivity contribution >= 4 is 11.9 Å². The van der Waals surface area contributed by atoms with Crippen molar-refractivity contribution in [3.05, 3.63) is 0 Å². The Kier molecular flexibility index (Phi) is 7.27. The monoisotopic (exact) mass is 445 g/mol. The third-order valence-corrected chi connectivity index (χ3v) is 10.9. The SMILES string of the molecule is CCCN(CC(=O)O)C(=O)CCCC1CCC2C3CCC4CCCCC4(C)C3CCC12C. The summed E-state index contributed by atoms with van der Waals surface area (Å²) < 4.78 is 0. The van der Waals surface area contributed by atoms with Gasteiger partial charge in [0, 0.05) is 13.0 Å². The number of hydrogen-bond acceptors (Lipinski definition) is 2. The van der Waals surface area contributed by atoms with Crippen LogP contribution in [0.25, 0.3) is 0 Å². The van der Waals surface area contributed by atoms with Gasteiger partial charge >= 0.3 is 5.97 Å². The zero-order chi connectivity index (χ0) is 22.9. The minimum atomic E-state index is -0.906. The molecule has 1 N–H and O–H groups in total. The van der Waals surface area contributed by atoms with Crippen LogP contribution >= 0.6 is 0 Å². The highest BCUT2D eigenvalue weighted by Crippen LogP contribution is 2.67. The molecule has 0 saturated heterocycles. The molecule has 4 nitrogen and oxygen atoms in total. The van der Waals surface area contributed by atoms with Crippen LogP contribution in [0.2, 0.25) is 0 Å². The van der Waals surface area contributed by atoms with E-state index in [9.17, 15) is 9.59 Å². The molecule has 0 aliphatic heterocycles. The average Bonchev–Trinajstić information content (AvgIpc) is 3.09. The van der Waals surface area contributed by atoms with Crippen LogP contribution in [-0.4, -0.2) is 35.0 Å². The molecule has 0 aromatic carbocycles. The first kappa shape index (κ1) is 24.1. The van der Waals surface area contributed by atoms with Gasteiger partial charge in [0.05, 0.1) is 0 Å². The molecule has 4 saturated carbocycles. The Morgan fingerprint density at radius 1 is 0.938 bits per heavy atom. The number of carbonyl (C=O) groups excluding carboxylic acids is 1. The van der Waals surface area contributed by atoms with Crippen LogP contribution in [0, 0.1) is 40.4 Å². The van der Waals surface area contributed by atoms with E-state index in [1.165, 1.54) is 69.1 Å². The van der Waals surface area contributed by atoms with E-state index in [-0.39, 0.29) is 12.5 Å². The molecule has 0 aromatic heterocycles. The van der Waals surface area contributed by atoms with Gasteiger partial charge in [0.25, 0.3) is 0 Å². The van der Waals surface area contributed by atoms with Crippen molar-refractivity contribution in [2.75, 3.05) is 13.1 Å². The first-order chi connectivity index (χ1) is 15.3. The maximum absolute atomic E-state index is 12.6. The highest BCUT2D eigenvalue weighted by molar-refractivity contribution is 5.81. The minimum absolute atomic E-state index is 0.0289. The van der Waals surface area contributed by atoms with E-state index in [2.05, 4.69) is 13.8 Å². The smallest absolute Gasteiger partial charge is 0.323 e. The van der Waals surface area contributed by atoms with Gasteiger partial charge in [-0.2, -0.15) is 0 Å². The Morgan fingerprint density at radius 2 is 1.72 bits per heavy atom. The first-order valence-electron chi connectivity index (χ1n) is 13.8. The van der Waals surface area contributed by atoms with E-state index in [1.54, 1.807) is 0 Å². The van der Waals surface area contributed by atoms with Crippen LogP contribution in [0.3, 0.4) is 0 Å². The van der Waals surface area contributed by atoms with Gasteiger partial charge in [-0.25, -0.2) is 0 Å². The quantitative estimate of drug-likeness (QED) is 0.462. The highest BCUT2D eigenvalue weighted by atomic mass is 16.4. The lowest BCUT2D eigenvalue weighted by atomic mass is 9.45. The number of carboxylic acids is 1. The van der Waals surface area contributed by atoms with E-state index in [0.29, 0.717) is 23.8 Å². The van der Waals surface area contributed by atoms with Gasteiger partial charge in [-0.3, -0.25) is 9.59 Å². The summed E-state index contributed by atoms with van der Waals surface area (Å²) in [6, 6.07) is 0. The Labute approximate surface area is 195 Å². The standard InChI is InChI=1S/C28H47NO3/c1-4-18-29(19-26(31)32)25(30)10-7-9-21-12-14-23-22-13-11-20-8-5-6-16-27(20,2)24(22)15-17-28(21,23)3/h20-24H,4-19H2,1-3H3,(H,31,32). The highest BCUT2D eigenvalue weighted by Gasteiger charge is 2.59. The predicted molar refractivity (Wildman–Crippen MR) is 128 cm³/mol. The summed E-state index contributed by atoms with van der Waals surface area (Å²) in [5, 5.41) is 9.11. The van der Waals surface area contributed by atoms with Gasteiger partial charge in [0.1, 0.15) is 6.54 Å². The number of nitrogens with zero attached hydrogens (tertiary/aromatic N) is 1. The van der Waals surface area contributed by atoms with Crippen LogP contribution in [0.5, 0.6) is 0 Å². The summed E-state index contributed by atoms with van der Waals surface area (Å²) >= 11 is 0. The molecule has 0 aromatic rings. The summed E-state index contributed by atoms with van der Waals surface area (Å²) in [4.78, 5) is 25.3. The van der Waals surface area contributed by atoms with Crippen LogP contribution in [0.15, 0.2) is 0 Å². The third-order valence-electron chi connectivity index (χ3n) is 10.9. The average molecular weight is 446 g/mol. The van der Waals surface area contributed by atoms with E-state index in [1.807, 2.05) is 6.92 Å². The predicted octanol–water partition coefficient (Wildman–Crippen LogP) is 6.53. The third kappa shape index (κ3) is 4.37. The zero-order valence-electron chi connectivity index (χ0n) is 20.9. The van der Waals surface area contributed by atoms with Crippen LogP contribution in [-0.2, 0) is 9.59 Å². The second-order valence-corrected chi connectivity index (χ2v) is 12.3. The van der Waals surface area contributed by atoms with Gasteiger partial charge < -0.3 is 10.0 Å². The maximum Gasteiger partial charge on any atom is 0.323 e. The van der Waals surface area contributed by atoms with Gasteiger partial charge in [-0.05, 0) is 111 Å². The van der Waals surface area contributed by atoms with Crippen molar-refractivity contribution in [1.29, 1.82) is 0 Å². The lowest BCUT2D eigenvalue weighted by molar-refractivity contribution is -0.144. The molecule has 0 bridgehead atoms. The van der Waals surface area contributed by atoms with Gasteiger partial charge in [0.2, 0.25) is 5.91 Å². The number of carboxylic acid groups (broad SMARTS) is 1. The second kappa shape index (κ2) is 9.66.